The summed E-state index contributed by atoms with van der Waals surface area (Å²) in [6.45, 7) is 0. The van der Waals surface area contributed by atoms with Gasteiger partial charge in [0.25, 0.3) is 10.0 Å². The standard InChI is InChI=1S/C16H14FN3O5S/c1-20-13(16(22)23)14(21)11-12(18)9(7-19-15(11)26(20,24)25)6-8-2-4-10(17)5-3-8/h2-5,7,13H,6H2,1H3,(H2,18,19)(H,22,23). The lowest BCUT2D eigenvalue weighted by atomic mass is 9.98. The number of carbonyl (C=O) groups excluding carboxylic acids is 1. The van der Waals surface area contributed by atoms with Crippen LogP contribution in [0.2, 0.25) is 0 Å². The van der Waals surface area contributed by atoms with E-state index < -0.39 is 44.2 Å². The Bertz CT molecular complexity index is 1020. The number of Topliss-reactive ketones (excluding diaryl/α,β-unsaturated/α-hetero) is 1. The van der Waals surface area contributed by atoms with E-state index in [9.17, 15) is 27.5 Å². The second kappa shape index (κ2) is 6.15. The highest BCUT2D eigenvalue weighted by Gasteiger charge is 2.47. The van der Waals surface area contributed by atoms with Crippen LogP contribution >= 0.6 is 0 Å². The molecule has 1 aliphatic rings. The lowest BCUT2D eigenvalue weighted by Gasteiger charge is -2.29. The Kier molecular flexibility index (Phi) is 4.24. The summed E-state index contributed by atoms with van der Waals surface area (Å²) in [5.74, 6) is -2.97. The fourth-order valence-corrected chi connectivity index (χ4v) is 4.18. The zero-order valence-corrected chi connectivity index (χ0v) is 14.3. The van der Waals surface area contributed by atoms with Crippen molar-refractivity contribution in [2.75, 3.05) is 12.8 Å². The number of carboxylic acids is 1. The van der Waals surface area contributed by atoms with Crippen molar-refractivity contribution in [3.8, 4) is 0 Å². The van der Waals surface area contributed by atoms with E-state index >= 15 is 0 Å². The largest absolute Gasteiger partial charge is 0.480 e. The van der Waals surface area contributed by atoms with Gasteiger partial charge in [-0.3, -0.25) is 4.79 Å². The van der Waals surface area contributed by atoms with E-state index in [0.717, 1.165) is 7.05 Å². The lowest BCUT2D eigenvalue weighted by molar-refractivity contribution is -0.139. The number of aliphatic carboxylic acids is 1. The average molecular weight is 379 g/mol. The number of nitrogens with two attached hydrogens (primary N) is 1. The molecule has 1 aliphatic heterocycles. The van der Waals surface area contributed by atoms with E-state index in [0.29, 0.717) is 15.4 Å². The number of ketones is 1. The van der Waals surface area contributed by atoms with Crippen LogP contribution < -0.4 is 5.73 Å². The highest BCUT2D eigenvalue weighted by atomic mass is 32.2. The SMILES string of the molecule is CN1C(C(=O)O)C(=O)c2c(ncc(Cc3ccc(F)cc3)c2N)S1(=O)=O. The fraction of sp³-hybridized carbons (Fsp3) is 0.188. The molecule has 0 aliphatic carbocycles. The summed E-state index contributed by atoms with van der Waals surface area (Å²) in [4.78, 5) is 27.8. The molecule has 1 atom stereocenters. The molecule has 0 bridgehead atoms. The Hall–Kier alpha value is -2.85. The number of hydrogen-bond donors (Lipinski definition) is 2. The first kappa shape index (κ1) is 18.0. The predicted molar refractivity (Wildman–Crippen MR) is 88.6 cm³/mol. The first-order valence-corrected chi connectivity index (χ1v) is 8.85. The number of carboxylic acid groups (broad SMARTS) is 1. The maximum atomic E-state index is 13.0. The second-order valence-electron chi connectivity index (χ2n) is 5.81. The maximum absolute atomic E-state index is 13.0. The number of hydrogen-bond acceptors (Lipinski definition) is 6. The van der Waals surface area contributed by atoms with Crippen LogP contribution in [0.1, 0.15) is 21.5 Å². The minimum Gasteiger partial charge on any atom is -0.480 e. The molecule has 2 heterocycles. The number of aromatic nitrogens is 1. The van der Waals surface area contributed by atoms with E-state index in [1.54, 1.807) is 0 Å². The van der Waals surface area contributed by atoms with Crippen LogP contribution in [0.25, 0.3) is 0 Å². The molecule has 0 fully saturated rings. The summed E-state index contributed by atoms with van der Waals surface area (Å²) >= 11 is 0. The Morgan fingerprint density at radius 2 is 1.96 bits per heavy atom. The van der Waals surface area contributed by atoms with Crippen molar-refractivity contribution in [2.24, 2.45) is 0 Å². The third-order valence-corrected chi connectivity index (χ3v) is 5.96. The number of rotatable bonds is 3. The molecule has 3 rings (SSSR count). The zero-order valence-electron chi connectivity index (χ0n) is 13.5. The number of halogens is 1. The van der Waals surface area contributed by atoms with Crippen molar-refractivity contribution in [3.05, 3.63) is 53.0 Å². The summed E-state index contributed by atoms with van der Waals surface area (Å²) in [6, 6.07) is 3.63. The monoisotopic (exact) mass is 379 g/mol. The molecule has 10 heteroatoms. The second-order valence-corrected chi connectivity index (χ2v) is 7.72. The molecule has 0 radical (unpaired) electrons. The number of nitrogens with zero attached hydrogens (tertiary/aromatic N) is 2. The summed E-state index contributed by atoms with van der Waals surface area (Å²) in [5, 5.41) is 8.67. The lowest BCUT2D eigenvalue weighted by Crippen LogP contribution is -2.52. The van der Waals surface area contributed by atoms with E-state index in [4.69, 9.17) is 5.73 Å². The van der Waals surface area contributed by atoms with Gasteiger partial charge in [-0.25, -0.2) is 22.6 Å². The van der Waals surface area contributed by atoms with Crippen LogP contribution in [-0.4, -0.2) is 47.7 Å². The van der Waals surface area contributed by atoms with Gasteiger partial charge in [-0.15, -0.1) is 0 Å². The number of fused-ring (bicyclic) bond motifs is 1. The molecule has 3 N–H and O–H groups in total. The Morgan fingerprint density at radius 3 is 2.54 bits per heavy atom. The molecular formula is C16H14FN3O5S. The van der Waals surface area contributed by atoms with Gasteiger partial charge in [0, 0.05) is 19.7 Å². The number of pyridine rings is 1. The highest BCUT2D eigenvalue weighted by Crippen LogP contribution is 2.33. The fourth-order valence-electron chi connectivity index (χ4n) is 2.79. The number of likely N-dealkylation sites (N-methyl/N-ethyl adjacent to an activating group) is 1. The van der Waals surface area contributed by atoms with Crippen molar-refractivity contribution >= 4 is 27.5 Å². The van der Waals surface area contributed by atoms with E-state index in [1.165, 1.54) is 30.5 Å². The number of sulfonamides is 1. The number of anilines is 1. The maximum Gasteiger partial charge on any atom is 0.330 e. The third-order valence-electron chi connectivity index (χ3n) is 4.19. The van der Waals surface area contributed by atoms with Crippen LogP contribution in [0.15, 0.2) is 35.5 Å². The molecule has 0 amide bonds. The van der Waals surface area contributed by atoms with E-state index in [-0.39, 0.29) is 12.1 Å². The Morgan fingerprint density at radius 1 is 1.35 bits per heavy atom. The smallest absolute Gasteiger partial charge is 0.330 e. The van der Waals surface area contributed by atoms with Gasteiger partial charge < -0.3 is 10.8 Å². The van der Waals surface area contributed by atoms with Crippen molar-refractivity contribution in [2.45, 2.75) is 17.5 Å². The first-order chi connectivity index (χ1) is 12.1. The molecule has 0 spiro atoms. The summed E-state index contributed by atoms with van der Waals surface area (Å²) in [5.41, 5.74) is 6.43. The first-order valence-electron chi connectivity index (χ1n) is 7.41. The summed E-state index contributed by atoms with van der Waals surface area (Å²) < 4.78 is 38.4. The highest BCUT2D eigenvalue weighted by molar-refractivity contribution is 7.89. The van der Waals surface area contributed by atoms with Gasteiger partial charge in [0.15, 0.2) is 16.9 Å². The van der Waals surface area contributed by atoms with Crippen LogP contribution in [0.5, 0.6) is 0 Å². The quantitative estimate of drug-likeness (QED) is 0.749. The summed E-state index contributed by atoms with van der Waals surface area (Å²) in [6.07, 6.45) is 1.39. The summed E-state index contributed by atoms with van der Waals surface area (Å²) in [7, 11) is -3.28. The molecule has 1 aromatic carbocycles. The molecule has 136 valence electrons. The molecule has 1 unspecified atom stereocenters. The van der Waals surface area contributed by atoms with Crippen molar-refractivity contribution in [1.29, 1.82) is 0 Å². The van der Waals surface area contributed by atoms with Gasteiger partial charge >= 0.3 is 5.97 Å². The normalized spacial score (nSPS) is 19.2. The van der Waals surface area contributed by atoms with Crippen molar-refractivity contribution < 1.29 is 27.5 Å². The minimum atomic E-state index is -4.27. The van der Waals surface area contributed by atoms with Crippen LogP contribution in [0, 0.1) is 5.82 Å². The van der Waals surface area contributed by atoms with Gasteiger partial charge in [-0.2, -0.15) is 4.31 Å². The van der Waals surface area contributed by atoms with Crippen LogP contribution in [-0.2, 0) is 21.2 Å². The van der Waals surface area contributed by atoms with Crippen LogP contribution in [0.4, 0.5) is 10.1 Å². The Labute approximate surface area is 148 Å². The average Bonchev–Trinajstić information content (AvgIpc) is 2.56. The number of carbonyl (C=O) groups is 2. The van der Waals surface area contributed by atoms with Gasteiger partial charge in [-0.05, 0) is 23.3 Å². The number of benzene rings is 1. The van der Waals surface area contributed by atoms with Crippen molar-refractivity contribution in [3.63, 3.8) is 0 Å². The van der Waals surface area contributed by atoms with Gasteiger partial charge in [0.1, 0.15) is 5.82 Å². The predicted octanol–water partition coefficient (Wildman–Crippen LogP) is 0.664. The third kappa shape index (κ3) is 2.72. The molecule has 1 aromatic heterocycles. The molecular weight excluding hydrogens is 365 g/mol. The van der Waals surface area contributed by atoms with Crippen LogP contribution in [0.3, 0.4) is 0 Å². The van der Waals surface area contributed by atoms with Gasteiger partial charge in [0.05, 0.1) is 11.3 Å². The topological polar surface area (TPSA) is 131 Å². The molecule has 2 aromatic rings. The Balaban J connectivity index is 2.14. The molecule has 26 heavy (non-hydrogen) atoms. The van der Waals surface area contributed by atoms with E-state index in [2.05, 4.69) is 4.98 Å². The molecule has 0 saturated carbocycles. The number of nitrogen functional groups attached to an aromatic ring is 1. The molecule has 8 nitrogen and oxygen atoms in total. The van der Waals surface area contributed by atoms with Gasteiger partial charge in [0.2, 0.25) is 0 Å². The molecule has 0 saturated heterocycles. The zero-order chi connectivity index (χ0) is 19.2. The minimum absolute atomic E-state index is 0.146. The van der Waals surface area contributed by atoms with E-state index in [1.807, 2.05) is 0 Å². The van der Waals surface area contributed by atoms with Crippen molar-refractivity contribution in [1.82, 2.24) is 9.29 Å². The van der Waals surface area contributed by atoms with Gasteiger partial charge in [-0.1, -0.05) is 12.1 Å².